The van der Waals surface area contributed by atoms with E-state index >= 15 is 0 Å². The molecule has 6 heteroatoms. The number of aromatic nitrogens is 3. The number of fused-ring (bicyclic) bond motifs is 1. The van der Waals surface area contributed by atoms with Crippen LogP contribution in [0.1, 0.15) is 18.4 Å². The first-order valence-corrected chi connectivity index (χ1v) is 9.74. The van der Waals surface area contributed by atoms with Crippen LogP contribution >= 0.6 is 0 Å². The van der Waals surface area contributed by atoms with Gasteiger partial charge in [-0.2, -0.15) is 0 Å². The number of hydrogen-bond donors (Lipinski definition) is 2. The summed E-state index contributed by atoms with van der Waals surface area (Å²) in [6.07, 6.45) is 9.71. The van der Waals surface area contributed by atoms with Crippen LogP contribution in [0.15, 0.2) is 54.3 Å². The molecule has 1 spiro atoms. The zero-order valence-electron chi connectivity index (χ0n) is 16.0. The van der Waals surface area contributed by atoms with E-state index in [1.54, 1.807) is 12.3 Å². The average molecular weight is 372 g/mol. The third-order valence-corrected chi connectivity index (χ3v) is 5.94. The molecule has 3 aromatic rings. The molecular formula is C22H24N6. The zero-order valence-corrected chi connectivity index (χ0v) is 16.0. The molecule has 2 aliphatic rings. The molecule has 3 heterocycles. The number of anilines is 1. The molecule has 1 saturated heterocycles. The molecule has 6 nitrogen and oxygen atoms in total. The lowest BCUT2D eigenvalue weighted by molar-refractivity contribution is 0.0467. The molecule has 1 aromatic carbocycles. The van der Waals surface area contributed by atoms with Crippen molar-refractivity contribution in [2.75, 3.05) is 18.4 Å². The number of nitrogens with zero attached hydrogens (tertiary/aromatic N) is 4. The van der Waals surface area contributed by atoms with Gasteiger partial charge in [-0.1, -0.05) is 18.7 Å². The Labute approximate surface area is 164 Å². The van der Waals surface area contributed by atoms with Gasteiger partial charge in [0.1, 0.15) is 0 Å². The third-order valence-electron chi connectivity index (χ3n) is 5.94. The van der Waals surface area contributed by atoms with Crippen LogP contribution in [0.5, 0.6) is 0 Å². The Morgan fingerprint density at radius 1 is 1.32 bits per heavy atom. The number of benzene rings is 1. The summed E-state index contributed by atoms with van der Waals surface area (Å²) < 4.78 is 1.91. The highest BCUT2D eigenvalue weighted by molar-refractivity contribution is 5.82. The summed E-state index contributed by atoms with van der Waals surface area (Å²) in [7, 11) is 0. The fourth-order valence-corrected chi connectivity index (χ4v) is 4.35. The van der Waals surface area contributed by atoms with Crippen LogP contribution < -0.4 is 10.6 Å². The van der Waals surface area contributed by atoms with Gasteiger partial charge in [0.05, 0.1) is 17.4 Å². The summed E-state index contributed by atoms with van der Waals surface area (Å²) in [5.41, 5.74) is 5.88. The van der Waals surface area contributed by atoms with Crippen LogP contribution in [0.25, 0.3) is 16.6 Å². The lowest BCUT2D eigenvalue weighted by Gasteiger charge is -2.54. The number of rotatable bonds is 5. The maximum atomic E-state index is 4.66. The van der Waals surface area contributed by atoms with E-state index in [1.165, 1.54) is 12.8 Å². The van der Waals surface area contributed by atoms with E-state index in [1.807, 2.05) is 23.0 Å². The third kappa shape index (κ3) is 2.90. The predicted octanol–water partition coefficient (Wildman–Crippen LogP) is 3.76. The van der Waals surface area contributed by atoms with Gasteiger partial charge in [-0.15, -0.1) is 5.10 Å². The molecule has 28 heavy (non-hydrogen) atoms. The molecule has 0 amide bonds. The Hall–Kier alpha value is -2.99. The van der Waals surface area contributed by atoms with Gasteiger partial charge in [0, 0.05) is 37.1 Å². The van der Waals surface area contributed by atoms with Crippen molar-refractivity contribution >= 4 is 23.4 Å². The topological polar surface area (TPSA) is 66.6 Å². The molecule has 142 valence electrons. The number of aryl methyl sites for hydroxylation is 1. The van der Waals surface area contributed by atoms with E-state index in [-0.39, 0.29) is 0 Å². The van der Waals surface area contributed by atoms with Crippen molar-refractivity contribution < 1.29 is 0 Å². The molecule has 1 saturated carbocycles. The van der Waals surface area contributed by atoms with Crippen LogP contribution in [0.4, 0.5) is 11.6 Å². The second-order valence-electron chi connectivity index (χ2n) is 8.01. The summed E-state index contributed by atoms with van der Waals surface area (Å²) in [4.78, 5) is 8.96. The fourth-order valence-electron chi connectivity index (χ4n) is 4.35. The fraction of sp³-hybridized carbons (Fsp3) is 0.318. The Balaban J connectivity index is 1.37. The number of allylic oxidation sites excluding steroid dienone is 1. The minimum atomic E-state index is 0.487. The van der Waals surface area contributed by atoms with Crippen molar-refractivity contribution in [1.82, 2.24) is 19.9 Å². The molecule has 0 atom stereocenters. The van der Waals surface area contributed by atoms with Gasteiger partial charge in [0.25, 0.3) is 0 Å². The predicted molar refractivity (Wildman–Crippen MR) is 113 cm³/mol. The molecule has 2 aromatic heterocycles. The first-order valence-electron chi connectivity index (χ1n) is 9.74. The molecule has 0 unspecified atom stereocenters. The van der Waals surface area contributed by atoms with Gasteiger partial charge < -0.3 is 10.6 Å². The normalized spacial score (nSPS) is 18.3. The molecule has 2 N–H and O–H groups in total. The largest absolute Gasteiger partial charge is 0.350 e. The molecule has 0 radical (unpaired) electrons. The Morgan fingerprint density at radius 2 is 2.18 bits per heavy atom. The molecule has 2 fully saturated rings. The highest BCUT2D eigenvalue weighted by Crippen LogP contribution is 2.45. The van der Waals surface area contributed by atoms with Crippen LogP contribution in [0.2, 0.25) is 0 Å². The second kappa shape index (κ2) is 6.56. The van der Waals surface area contributed by atoms with Crippen molar-refractivity contribution in [3.05, 3.63) is 54.9 Å². The van der Waals surface area contributed by atoms with E-state index in [2.05, 4.69) is 57.4 Å². The summed E-state index contributed by atoms with van der Waals surface area (Å²) in [6.45, 7) is 8.05. The van der Waals surface area contributed by atoms with Gasteiger partial charge in [-0.3, -0.25) is 4.99 Å². The van der Waals surface area contributed by atoms with Crippen molar-refractivity contribution in [3.63, 3.8) is 0 Å². The van der Waals surface area contributed by atoms with Gasteiger partial charge in [0.15, 0.2) is 0 Å². The smallest absolute Gasteiger partial charge is 0.241 e. The molecule has 5 rings (SSSR count). The maximum absolute atomic E-state index is 4.66. The molecule has 0 bridgehead atoms. The van der Waals surface area contributed by atoms with Crippen LogP contribution in [-0.2, 0) is 0 Å². The Bertz CT molecular complexity index is 1070. The second-order valence-corrected chi connectivity index (χ2v) is 8.01. The van der Waals surface area contributed by atoms with Crippen molar-refractivity contribution in [3.8, 4) is 11.1 Å². The lowest BCUT2D eigenvalue weighted by atomic mass is 9.62. The van der Waals surface area contributed by atoms with E-state index in [0.717, 1.165) is 41.0 Å². The van der Waals surface area contributed by atoms with Gasteiger partial charge >= 0.3 is 0 Å². The van der Waals surface area contributed by atoms with E-state index in [0.29, 0.717) is 17.4 Å². The number of aliphatic imine (C=N–C) groups is 1. The average Bonchev–Trinajstić information content (AvgIpc) is 3.05. The number of nitrogens with one attached hydrogen (secondary N) is 2. The maximum Gasteiger partial charge on any atom is 0.241 e. The summed E-state index contributed by atoms with van der Waals surface area (Å²) >= 11 is 0. The lowest BCUT2D eigenvalue weighted by Crippen LogP contribution is -2.63. The Kier molecular flexibility index (Phi) is 4.02. The minimum Gasteiger partial charge on any atom is -0.350 e. The van der Waals surface area contributed by atoms with Crippen LogP contribution in [-0.4, -0.2) is 39.9 Å². The van der Waals surface area contributed by atoms with E-state index in [9.17, 15) is 0 Å². The highest BCUT2D eigenvalue weighted by Gasteiger charge is 2.48. The van der Waals surface area contributed by atoms with Crippen LogP contribution in [0.3, 0.4) is 0 Å². The quantitative estimate of drug-likeness (QED) is 0.669. The SMILES string of the molecule is C=CC=Nc1ccc(-c2ccn3nc(NC4CC5(CNC5)C4)ncc23)cc1C. The van der Waals surface area contributed by atoms with Crippen LogP contribution in [0, 0.1) is 12.3 Å². The van der Waals surface area contributed by atoms with Gasteiger partial charge in [0.2, 0.25) is 5.95 Å². The highest BCUT2D eigenvalue weighted by atomic mass is 15.3. The zero-order chi connectivity index (χ0) is 19.1. The van der Waals surface area contributed by atoms with Crippen molar-refractivity contribution in [2.45, 2.75) is 25.8 Å². The summed E-state index contributed by atoms with van der Waals surface area (Å²) in [5, 5.41) is 11.5. The van der Waals surface area contributed by atoms with E-state index in [4.69, 9.17) is 0 Å². The monoisotopic (exact) mass is 372 g/mol. The minimum absolute atomic E-state index is 0.487. The summed E-state index contributed by atoms with van der Waals surface area (Å²) in [5.74, 6) is 0.701. The molecule has 1 aliphatic carbocycles. The van der Waals surface area contributed by atoms with Crippen molar-refractivity contribution in [2.24, 2.45) is 10.4 Å². The summed E-state index contributed by atoms with van der Waals surface area (Å²) in [6, 6.07) is 8.85. The van der Waals surface area contributed by atoms with Crippen molar-refractivity contribution in [1.29, 1.82) is 0 Å². The van der Waals surface area contributed by atoms with E-state index < -0.39 is 0 Å². The molecular weight excluding hydrogens is 348 g/mol. The Morgan fingerprint density at radius 3 is 2.89 bits per heavy atom. The molecule has 1 aliphatic heterocycles. The number of hydrogen-bond acceptors (Lipinski definition) is 5. The standard InChI is InChI=1S/C22H24N6/c1-3-7-24-19-5-4-16(9-15(19)2)18-6-8-28-20(18)12-25-21(27-28)26-17-10-22(11-17)13-23-14-22/h3-9,12,17,23H,1,10-11,13-14H2,2H3,(H,26,27). The first kappa shape index (κ1) is 17.1. The first-order chi connectivity index (χ1) is 13.7. The van der Waals surface area contributed by atoms with Gasteiger partial charge in [-0.05, 0) is 54.5 Å². The van der Waals surface area contributed by atoms with Gasteiger partial charge in [-0.25, -0.2) is 9.50 Å².